The van der Waals surface area contributed by atoms with E-state index in [1.54, 1.807) is 12.1 Å². The van der Waals surface area contributed by atoms with Crippen LogP contribution in [-0.4, -0.2) is 59.1 Å². The van der Waals surface area contributed by atoms with Crippen molar-refractivity contribution < 1.29 is 24.6 Å². The van der Waals surface area contributed by atoms with Gasteiger partial charge in [-0.3, -0.25) is 19.4 Å². The fourth-order valence-corrected chi connectivity index (χ4v) is 2.29. The van der Waals surface area contributed by atoms with Crippen LogP contribution >= 0.6 is 0 Å². The highest BCUT2D eigenvalue weighted by atomic mass is 16.4. The van der Waals surface area contributed by atoms with Crippen LogP contribution < -0.4 is 27.8 Å². The first-order valence-corrected chi connectivity index (χ1v) is 8.57. The summed E-state index contributed by atoms with van der Waals surface area (Å²) in [5.74, 6) is -2.42. The molecule has 0 aromatic heterocycles. The van der Waals surface area contributed by atoms with Gasteiger partial charge in [0.1, 0.15) is 18.3 Å². The van der Waals surface area contributed by atoms with Crippen molar-refractivity contribution in [1.29, 1.82) is 0 Å². The molecule has 2 atom stereocenters. The van der Waals surface area contributed by atoms with E-state index in [-0.39, 0.29) is 18.1 Å². The zero-order chi connectivity index (χ0) is 21.1. The Kier molecular flexibility index (Phi) is 9.23. The lowest BCUT2D eigenvalue weighted by atomic mass is 10.0. The van der Waals surface area contributed by atoms with Gasteiger partial charge in [-0.1, -0.05) is 12.1 Å². The molecule has 0 aliphatic rings. The van der Waals surface area contributed by atoms with E-state index >= 15 is 0 Å². The minimum atomic E-state index is -1.21. The van der Waals surface area contributed by atoms with Gasteiger partial charge in [-0.25, -0.2) is 0 Å². The number of phenols is 1. The maximum Gasteiger partial charge on any atom is 0.322 e. The quantitative estimate of drug-likeness (QED) is 0.127. The predicted octanol–water partition coefficient (Wildman–Crippen LogP) is -2.00. The number of guanidine groups is 1. The van der Waals surface area contributed by atoms with Crippen molar-refractivity contribution in [2.45, 2.75) is 31.3 Å². The number of aliphatic carboxylic acids is 1. The van der Waals surface area contributed by atoms with Crippen molar-refractivity contribution in [3.05, 3.63) is 29.8 Å². The number of carbonyl (C=O) groups excluding carboxylic acids is 2. The Hall–Kier alpha value is -3.34. The number of amides is 2. The first kappa shape index (κ1) is 22.7. The number of carboxylic acids is 1. The van der Waals surface area contributed by atoms with Crippen LogP contribution in [0.25, 0.3) is 0 Å². The highest BCUT2D eigenvalue weighted by Crippen LogP contribution is 2.11. The average molecular weight is 394 g/mol. The first-order chi connectivity index (χ1) is 13.2. The molecule has 11 heteroatoms. The molecular formula is C17H26N6O5. The van der Waals surface area contributed by atoms with Gasteiger partial charge in [0, 0.05) is 13.0 Å². The Morgan fingerprint density at radius 3 is 2.32 bits per heavy atom. The molecule has 1 aromatic rings. The topological polar surface area (TPSA) is 206 Å². The number of hydrogen-bond acceptors (Lipinski definition) is 6. The Morgan fingerprint density at radius 2 is 1.75 bits per heavy atom. The molecule has 11 nitrogen and oxygen atoms in total. The maximum absolute atomic E-state index is 12.3. The monoisotopic (exact) mass is 394 g/mol. The summed E-state index contributed by atoms with van der Waals surface area (Å²) in [6, 6.07) is 4.16. The van der Waals surface area contributed by atoms with Crippen molar-refractivity contribution >= 4 is 23.7 Å². The van der Waals surface area contributed by atoms with Gasteiger partial charge in [-0.15, -0.1) is 0 Å². The van der Waals surface area contributed by atoms with Crippen LogP contribution in [0, 0.1) is 0 Å². The van der Waals surface area contributed by atoms with E-state index in [1.165, 1.54) is 12.1 Å². The van der Waals surface area contributed by atoms with Crippen molar-refractivity contribution in [1.82, 2.24) is 10.6 Å². The first-order valence-electron chi connectivity index (χ1n) is 8.57. The van der Waals surface area contributed by atoms with Crippen LogP contribution in [0.4, 0.5) is 0 Å². The number of carboxylic acid groups (broad SMARTS) is 1. The molecule has 0 aliphatic carbocycles. The van der Waals surface area contributed by atoms with E-state index in [9.17, 15) is 19.5 Å². The number of nitrogens with one attached hydrogen (secondary N) is 2. The lowest BCUT2D eigenvalue weighted by molar-refractivity contribution is -0.138. The lowest BCUT2D eigenvalue weighted by Gasteiger charge is -2.20. The van der Waals surface area contributed by atoms with E-state index in [0.717, 1.165) is 0 Å². The normalized spacial score (nSPS) is 12.5. The molecule has 0 unspecified atom stereocenters. The second-order valence-electron chi connectivity index (χ2n) is 6.10. The molecule has 28 heavy (non-hydrogen) atoms. The fourth-order valence-electron chi connectivity index (χ4n) is 2.29. The number of rotatable bonds is 11. The van der Waals surface area contributed by atoms with Crippen LogP contribution in [0.2, 0.25) is 0 Å². The number of nitrogens with two attached hydrogens (primary N) is 3. The van der Waals surface area contributed by atoms with Crippen LogP contribution in [0.3, 0.4) is 0 Å². The summed E-state index contributed by atoms with van der Waals surface area (Å²) in [6.07, 6.45) is 0.865. The van der Waals surface area contributed by atoms with Crippen molar-refractivity contribution in [3.8, 4) is 5.75 Å². The number of aromatic hydroxyl groups is 1. The fraction of sp³-hybridized carbons (Fsp3) is 0.412. The SMILES string of the molecule is NC(N)=NCCC[C@H](N)C(=O)N[C@@H](Cc1ccc(O)cc1)C(=O)NCC(=O)O. The van der Waals surface area contributed by atoms with Gasteiger partial charge in [0.25, 0.3) is 0 Å². The third-order valence-corrected chi connectivity index (χ3v) is 3.73. The smallest absolute Gasteiger partial charge is 0.322 e. The third-order valence-electron chi connectivity index (χ3n) is 3.73. The van der Waals surface area contributed by atoms with Gasteiger partial charge in [-0.2, -0.15) is 0 Å². The van der Waals surface area contributed by atoms with Crippen molar-refractivity contribution in [3.63, 3.8) is 0 Å². The lowest BCUT2D eigenvalue weighted by Crippen LogP contribution is -2.53. The number of phenolic OH excluding ortho intramolecular Hbond substituents is 1. The second kappa shape index (κ2) is 11.4. The van der Waals surface area contributed by atoms with Gasteiger partial charge < -0.3 is 38.0 Å². The highest BCUT2D eigenvalue weighted by molar-refractivity contribution is 5.91. The highest BCUT2D eigenvalue weighted by Gasteiger charge is 2.24. The molecule has 0 saturated carbocycles. The van der Waals surface area contributed by atoms with Crippen LogP contribution in [0.1, 0.15) is 18.4 Å². The minimum Gasteiger partial charge on any atom is -0.508 e. The molecule has 0 aliphatic heterocycles. The molecule has 0 fully saturated rings. The van der Waals surface area contributed by atoms with E-state index in [4.69, 9.17) is 22.3 Å². The summed E-state index contributed by atoms with van der Waals surface area (Å²) in [6.45, 7) is -0.259. The molecule has 0 radical (unpaired) electrons. The molecular weight excluding hydrogens is 368 g/mol. The number of nitrogens with zero attached hydrogens (tertiary/aromatic N) is 1. The molecule has 0 saturated heterocycles. The van der Waals surface area contributed by atoms with E-state index < -0.39 is 36.4 Å². The second-order valence-corrected chi connectivity index (χ2v) is 6.10. The Balaban J connectivity index is 2.72. The third kappa shape index (κ3) is 8.85. The van der Waals surface area contributed by atoms with Gasteiger partial charge in [-0.05, 0) is 30.5 Å². The van der Waals surface area contributed by atoms with Gasteiger partial charge in [0.15, 0.2) is 5.96 Å². The Bertz CT molecular complexity index is 702. The van der Waals surface area contributed by atoms with Crippen molar-refractivity contribution in [2.75, 3.05) is 13.1 Å². The number of benzene rings is 1. The summed E-state index contributed by atoms with van der Waals surface area (Å²) in [5.41, 5.74) is 16.9. The number of aliphatic imine (C=N–C) groups is 1. The van der Waals surface area contributed by atoms with Gasteiger partial charge in [0.05, 0.1) is 6.04 Å². The standard InChI is InChI=1S/C17H26N6O5/c18-12(2-1-7-21-17(19)20)15(27)23-13(16(28)22-9-14(25)26)8-10-3-5-11(24)6-4-10/h3-6,12-13,24H,1-2,7-9,18H2,(H,22,28)(H,23,27)(H,25,26)(H4,19,20,21)/t12-,13-/m0/s1. The zero-order valence-electron chi connectivity index (χ0n) is 15.3. The van der Waals surface area contributed by atoms with Gasteiger partial charge >= 0.3 is 5.97 Å². The summed E-state index contributed by atoms with van der Waals surface area (Å²) in [7, 11) is 0. The minimum absolute atomic E-state index is 0.0536. The molecule has 0 heterocycles. The van der Waals surface area contributed by atoms with Crippen LogP contribution in [0.15, 0.2) is 29.3 Å². The van der Waals surface area contributed by atoms with E-state index in [0.29, 0.717) is 24.9 Å². The van der Waals surface area contributed by atoms with Crippen LogP contribution in [0.5, 0.6) is 5.75 Å². The molecule has 1 rings (SSSR count). The Labute approximate surface area is 162 Å². The van der Waals surface area contributed by atoms with Crippen LogP contribution in [-0.2, 0) is 20.8 Å². The maximum atomic E-state index is 12.3. The molecule has 1 aromatic carbocycles. The molecule has 0 spiro atoms. The zero-order valence-corrected chi connectivity index (χ0v) is 15.3. The summed E-state index contributed by atoms with van der Waals surface area (Å²) in [5, 5.41) is 22.8. The summed E-state index contributed by atoms with van der Waals surface area (Å²) >= 11 is 0. The molecule has 2 amide bonds. The predicted molar refractivity (Wildman–Crippen MR) is 102 cm³/mol. The largest absolute Gasteiger partial charge is 0.508 e. The molecule has 0 bridgehead atoms. The van der Waals surface area contributed by atoms with Crippen molar-refractivity contribution in [2.24, 2.45) is 22.2 Å². The molecule has 154 valence electrons. The summed E-state index contributed by atoms with van der Waals surface area (Å²) < 4.78 is 0. The van der Waals surface area contributed by atoms with E-state index in [1.807, 2.05) is 0 Å². The Morgan fingerprint density at radius 1 is 1.11 bits per heavy atom. The summed E-state index contributed by atoms with van der Waals surface area (Å²) in [4.78, 5) is 39.1. The van der Waals surface area contributed by atoms with Gasteiger partial charge in [0.2, 0.25) is 11.8 Å². The number of carbonyl (C=O) groups is 3. The number of hydrogen-bond donors (Lipinski definition) is 7. The average Bonchev–Trinajstić information content (AvgIpc) is 2.63. The van der Waals surface area contributed by atoms with E-state index in [2.05, 4.69) is 15.6 Å². The molecule has 10 N–H and O–H groups in total.